The second-order valence-corrected chi connectivity index (χ2v) is 4.46. The zero-order valence-electron chi connectivity index (χ0n) is 10.1. The first-order valence-corrected chi connectivity index (χ1v) is 5.86. The van der Waals surface area contributed by atoms with Crippen LogP contribution in [0.15, 0.2) is 0 Å². The van der Waals surface area contributed by atoms with Gasteiger partial charge in [-0.05, 0) is 0 Å². The van der Waals surface area contributed by atoms with E-state index in [-0.39, 0.29) is 0 Å². The molecule has 0 N–H and O–H groups in total. The summed E-state index contributed by atoms with van der Waals surface area (Å²) in [4.78, 5) is 0. The fraction of sp³-hybridized carbons (Fsp3) is 0.167. The molecule has 108 valence electrons. The van der Waals surface area contributed by atoms with Gasteiger partial charge in [-0.15, -0.1) is 0 Å². The first-order valence-electron chi connectivity index (χ1n) is 5.11. The van der Waals surface area contributed by atoms with Gasteiger partial charge < -0.3 is 9.47 Å². The molecule has 2 nitrogen and oxygen atoms in total. The predicted molar refractivity (Wildman–Crippen MR) is 66.9 cm³/mol. The van der Waals surface area contributed by atoms with Gasteiger partial charge in [-0.2, -0.15) is 0 Å². The highest BCUT2D eigenvalue weighted by molar-refractivity contribution is 6.40. The first kappa shape index (κ1) is 15.0. The Bertz CT molecular complexity index is 659. The van der Waals surface area contributed by atoms with E-state index in [4.69, 9.17) is 23.2 Å². The summed E-state index contributed by atoms with van der Waals surface area (Å²) in [6, 6.07) is 0. The van der Waals surface area contributed by atoms with E-state index >= 15 is 0 Å². The average molecular weight is 329 g/mol. The molecule has 0 aromatic heterocycles. The van der Waals surface area contributed by atoms with Crippen molar-refractivity contribution in [1.29, 1.82) is 0 Å². The van der Waals surface area contributed by atoms with E-state index in [0.717, 1.165) is 14.2 Å². The molecule has 0 radical (unpaired) electrons. The number of fused-ring (bicyclic) bond motifs is 1. The molecule has 8 heteroatoms. The molecular formula is C12H6Cl2F4O2. The van der Waals surface area contributed by atoms with Crippen molar-refractivity contribution >= 4 is 34.0 Å². The fourth-order valence-corrected chi connectivity index (χ4v) is 2.36. The van der Waals surface area contributed by atoms with Crippen LogP contribution in [0.1, 0.15) is 0 Å². The second-order valence-electron chi connectivity index (χ2n) is 3.70. The molecular weight excluding hydrogens is 323 g/mol. The van der Waals surface area contributed by atoms with Gasteiger partial charge in [0.1, 0.15) is 0 Å². The molecule has 0 amide bonds. The summed E-state index contributed by atoms with van der Waals surface area (Å²) in [5.74, 6) is -6.80. The Hall–Kier alpha value is -1.40. The van der Waals surface area contributed by atoms with Crippen molar-refractivity contribution in [2.24, 2.45) is 0 Å². The normalized spacial score (nSPS) is 11.0. The topological polar surface area (TPSA) is 18.5 Å². The molecule has 0 saturated heterocycles. The van der Waals surface area contributed by atoms with Crippen LogP contribution in [0.2, 0.25) is 10.0 Å². The van der Waals surface area contributed by atoms with Crippen molar-refractivity contribution in [2.45, 2.75) is 0 Å². The van der Waals surface area contributed by atoms with Gasteiger partial charge in [0.15, 0.2) is 23.3 Å². The highest BCUT2D eigenvalue weighted by atomic mass is 35.5. The molecule has 0 aliphatic rings. The van der Waals surface area contributed by atoms with Crippen LogP contribution in [0.5, 0.6) is 11.5 Å². The minimum atomic E-state index is -1.57. The first-order chi connectivity index (χ1) is 9.36. The third kappa shape index (κ3) is 1.86. The van der Waals surface area contributed by atoms with Gasteiger partial charge in [-0.3, -0.25) is 0 Å². The Morgan fingerprint density at radius 1 is 0.650 bits per heavy atom. The summed E-state index contributed by atoms with van der Waals surface area (Å²) in [6.07, 6.45) is 0. The number of hydrogen-bond acceptors (Lipinski definition) is 2. The van der Waals surface area contributed by atoms with Crippen molar-refractivity contribution in [3.63, 3.8) is 0 Å². The van der Waals surface area contributed by atoms with Gasteiger partial charge in [-0.25, -0.2) is 17.6 Å². The Morgan fingerprint density at radius 2 is 0.950 bits per heavy atom. The van der Waals surface area contributed by atoms with E-state index in [9.17, 15) is 17.6 Å². The summed E-state index contributed by atoms with van der Waals surface area (Å²) in [6.45, 7) is 0. The van der Waals surface area contributed by atoms with Crippen LogP contribution in [0.3, 0.4) is 0 Å². The van der Waals surface area contributed by atoms with Crippen molar-refractivity contribution in [3.05, 3.63) is 33.3 Å². The highest BCUT2D eigenvalue weighted by Crippen LogP contribution is 2.46. The van der Waals surface area contributed by atoms with E-state index in [1.54, 1.807) is 0 Å². The number of rotatable bonds is 2. The van der Waals surface area contributed by atoms with E-state index in [2.05, 4.69) is 9.47 Å². The smallest absolute Gasteiger partial charge is 0.200 e. The maximum absolute atomic E-state index is 14.2. The number of ether oxygens (including phenoxy) is 2. The van der Waals surface area contributed by atoms with E-state index in [0.29, 0.717) is 0 Å². The quantitative estimate of drug-likeness (QED) is 0.451. The Morgan fingerprint density at radius 3 is 1.20 bits per heavy atom. The lowest BCUT2D eigenvalue weighted by atomic mass is 10.1. The molecule has 0 spiro atoms. The zero-order chi connectivity index (χ0) is 15.2. The highest BCUT2D eigenvalue weighted by Gasteiger charge is 2.29. The summed E-state index contributed by atoms with van der Waals surface area (Å²) < 4.78 is 64.8. The Balaban J connectivity index is 3.16. The predicted octanol–water partition coefficient (Wildman–Crippen LogP) is 4.72. The molecule has 0 aliphatic heterocycles. The summed E-state index contributed by atoms with van der Waals surface area (Å²) in [7, 11) is 2.11. The molecule has 0 bridgehead atoms. The van der Waals surface area contributed by atoms with Gasteiger partial charge in [-0.1, -0.05) is 23.2 Å². The molecule has 2 rings (SSSR count). The number of halogens is 6. The van der Waals surface area contributed by atoms with Crippen molar-refractivity contribution in [1.82, 2.24) is 0 Å². The Kier molecular flexibility index (Phi) is 3.88. The van der Waals surface area contributed by atoms with Crippen LogP contribution in [0, 0.1) is 23.3 Å². The van der Waals surface area contributed by atoms with E-state index in [1.807, 2.05) is 0 Å². The number of methoxy groups -OCH3 is 2. The van der Waals surface area contributed by atoms with Crippen molar-refractivity contribution in [3.8, 4) is 11.5 Å². The number of benzene rings is 2. The molecule has 2 aromatic rings. The summed E-state index contributed by atoms with van der Waals surface area (Å²) >= 11 is 11.1. The molecule has 0 heterocycles. The molecule has 2 aromatic carbocycles. The van der Waals surface area contributed by atoms with E-state index < -0.39 is 55.6 Å². The SMILES string of the molecule is COc1c(OC)c(F)c2c(Cl)c(F)c(F)c(Cl)c2c1F. The maximum atomic E-state index is 14.2. The van der Waals surface area contributed by atoms with Gasteiger partial charge in [0, 0.05) is 10.8 Å². The average Bonchev–Trinajstić information content (AvgIpc) is 2.43. The van der Waals surface area contributed by atoms with Crippen LogP contribution in [-0.2, 0) is 0 Å². The van der Waals surface area contributed by atoms with Crippen LogP contribution < -0.4 is 9.47 Å². The Labute approximate surface area is 120 Å². The van der Waals surface area contributed by atoms with Crippen molar-refractivity contribution < 1.29 is 27.0 Å². The minimum Gasteiger partial charge on any atom is -0.490 e. The summed E-state index contributed by atoms with van der Waals surface area (Å²) in [5, 5.41) is -3.30. The zero-order valence-corrected chi connectivity index (χ0v) is 11.6. The van der Waals surface area contributed by atoms with Gasteiger partial charge >= 0.3 is 0 Å². The lowest BCUT2D eigenvalue weighted by molar-refractivity contribution is 0.325. The van der Waals surface area contributed by atoms with Crippen molar-refractivity contribution in [2.75, 3.05) is 14.2 Å². The lowest BCUT2D eigenvalue weighted by Gasteiger charge is -2.15. The third-order valence-electron chi connectivity index (χ3n) is 2.72. The molecule has 0 saturated carbocycles. The molecule has 0 fully saturated rings. The van der Waals surface area contributed by atoms with Crippen LogP contribution in [0.25, 0.3) is 10.8 Å². The van der Waals surface area contributed by atoms with Crippen LogP contribution in [-0.4, -0.2) is 14.2 Å². The van der Waals surface area contributed by atoms with Crippen LogP contribution >= 0.6 is 23.2 Å². The molecule has 0 atom stereocenters. The maximum Gasteiger partial charge on any atom is 0.200 e. The molecule has 20 heavy (non-hydrogen) atoms. The summed E-state index contributed by atoms with van der Waals surface area (Å²) in [5.41, 5.74) is 0. The standard InChI is InChI=1S/C12H6Cl2F4O2/c1-19-11-7(15)3-4(8(16)12(11)20-2)6(14)10(18)9(17)5(3)13/h1-2H3. The molecule has 0 aliphatic carbocycles. The largest absolute Gasteiger partial charge is 0.490 e. The fourth-order valence-electron chi connectivity index (χ4n) is 1.83. The van der Waals surface area contributed by atoms with E-state index in [1.165, 1.54) is 0 Å². The monoisotopic (exact) mass is 328 g/mol. The second kappa shape index (κ2) is 5.18. The number of hydrogen-bond donors (Lipinski definition) is 0. The third-order valence-corrected chi connectivity index (χ3v) is 3.43. The van der Waals surface area contributed by atoms with Gasteiger partial charge in [0.2, 0.25) is 11.5 Å². The van der Waals surface area contributed by atoms with Crippen LogP contribution in [0.4, 0.5) is 17.6 Å². The minimum absolute atomic E-state index is 0.624. The lowest BCUT2D eigenvalue weighted by Crippen LogP contribution is -2.02. The van der Waals surface area contributed by atoms with Gasteiger partial charge in [0.05, 0.1) is 24.3 Å². The molecule has 0 unspecified atom stereocenters. The van der Waals surface area contributed by atoms with Gasteiger partial charge in [0.25, 0.3) is 0 Å².